The maximum absolute atomic E-state index is 12.7. The number of ether oxygens (including phenoxy) is 1. The lowest BCUT2D eigenvalue weighted by molar-refractivity contribution is -0.114. The van der Waals surface area contributed by atoms with Crippen molar-refractivity contribution in [1.29, 1.82) is 0 Å². The summed E-state index contributed by atoms with van der Waals surface area (Å²) in [6.07, 6.45) is 1.78. The van der Waals surface area contributed by atoms with Crippen molar-refractivity contribution in [3.05, 3.63) is 63.6 Å². The van der Waals surface area contributed by atoms with Gasteiger partial charge >= 0.3 is 0 Å². The molecule has 0 radical (unpaired) electrons. The first-order chi connectivity index (χ1) is 11.5. The van der Waals surface area contributed by atoms with Crippen molar-refractivity contribution in [2.75, 3.05) is 12.1 Å². The minimum atomic E-state index is -0.225. The second kappa shape index (κ2) is 6.67. The average Bonchev–Trinajstić information content (AvgIpc) is 2.86. The first-order valence-corrected chi connectivity index (χ1v) is 7.96. The molecule has 2 aromatic rings. The quantitative estimate of drug-likeness (QED) is 0.737. The van der Waals surface area contributed by atoms with Crippen molar-refractivity contribution in [3.8, 4) is 5.75 Å². The third-order valence-electron chi connectivity index (χ3n) is 3.65. The van der Waals surface area contributed by atoms with E-state index in [-0.39, 0.29) is 5.91 Å². The maximum Gasteiger partial charge on any atom is 0.280 e. The van der Waals surface area contributed by atoms with Gasteiger partial charge in [-0.1, -0.05) is 41.4 Å². The average molecular weight is 361 g/mol. The summed E-state index contributed by atoms with van der Waals surface area (Å²) in [5.41, 5.74) is 2.51. The standard InChI is InChI=1S/C18H14Cl2N2O2/c1-11-14(9-12-5-3-4-6-17(12)24-2)18(23)22(21-11)13-7-8-15(19)16(20)10-13/h3-10H,1-2H3/b14-9-. The zero-order valence-corrected chi connectivity index (χ0v) is 14.6. The number of rotatable bonds is 3. The van der Waals surface area contributed by atoms with E-state index in [1.165, 1.54) is 5.01 Å². The summed E-state index contributed by atoms with van der Waals surface area (Å²) in [6, 6.07) is 12.4. The number of methoxy groups -OCH3 is 1. The Balaban J connectivity index is 1.98. The molecule has 0 spiro atoms. The summed E-state index contributed by atoms with van der Waals surface area (Å²) < 4.78 is 5.33. The second-order valence-electron chi connectivity index (χ2n) is 5.20. The molecule has 3 rings (SSSR count). The predicted octanol–water partition coefficient (Wildman–Crippen LogP) is 4.81. The number of amides is 1. The number of carbonyl (C=O) groups is 1. The molecule has 122 valence electrons. The van der Waals surface area contributed by atoms with Crippen molar-refractivity contribution in [2.24, 2.45) is 5.10 Å². The molecule has 0 unspecified atom stereocenters. The maximum atomic E-state index is 12.7. The molecule has 2 aromatic carbocycles. The van der Waals surface area contributed by atoms with Gasteiger partial charge in [0.25, 0.3) is 5.91 Å². The number of para-hydroxylation sites is 1. The molecular weight excluding hydrogens is 347 g/mol. The second-order valence-corrected chi connectivity index (χ2v) is 6.02. The van der Waals surface area contributed by atoms with Crippen LogP contribution in [0.1, 0.15) is 12.5 Å². The van der Waals surface area contributed by atoms with Crippen molar-refractivity contribution < 1.29 is 9.53 Å². The molecule has 0 saturated heterocycles. The van der Waals surface area contributed by atoms with Crippen LogP contribution in [0, 0.1) is 0 Å². The molecule has 1 heterocycles. The van der Waals surface area contributed by atoms with E-state index >= 15 is 0 Å². The highest BCUT2D eigenvalue weighted by Gasteiger charge is 2.29. The number of nitrogens with zero attached hydrogens (tertiary/aromatic N) is 2. The third-order valence-corrected chi connectivity index (χ3v) is 4.39. The zero-order valence-electron chi connectivity index (χ0n) is 13.1. The fraction of sp³-hybridized carbons (Fsp3) is 0.111. The Labute approximate surface area is 149 Å². The van der Waals surface area contributed by atoms with Crippen LogP contribution in [0.15, 0.2) is 53.1 Å². The van der Waals surface area contributed by atoms with E-state index in [4.69, 9.17) is 27.9 Å². The van der Waals surface area contributed by atoms with Gasteiger partial charge in [-0.05, 0) is 37.3 Å². The lowest BCUT2D eigenvalue weighted by Gasteiger charge is -2.12. The monoisotopic (exact) mass is 360 g/mol. The van der Waals surface area contributed by atoms with E-state index in [9.17, 15) is 4.79 Å². The first-order valence-electron chi connectivity index (χ1n) is 7.21. The van der Waals surface area contributed by atoms with Gasteiger partial charge in [-0.25, -0.2) is 0 Å². The fourth-order valence-corrected chi connectivity index (χ4v) is 2.71. The van der Waals surface area contributed by atoms with Crippen molar-refractivity contribution in [1.82, 2.24) is 0 Å². The van der Waals surface area contributed by atoms with E-state index < -0.39 is 0 Å². The molecule has 0 N–H and O–H groups in total. The number of anilines is 1. The highest BCUT2D eigenvalue weighted by atomic mass is 35.5. The molecule has 0 fully saturated rings. The molecule has 0 bridgehead atoms. The number of hydrogen-bond acceptors (Lipinski definition) is 3. The minimum absolute atomic E-state index is 0.225. The van der Waals surface area contributed by atoms with Crippen molar-refractivity contribution >= 4 is 46.6 Å². The number of hydrogen-bond donors (Lipinski definition) is 0. The Morgan fingerprint density at radius 1 is 1.12 bits per heavy atom. The van der Waals surface area contributed by atoms with Gasteiger partial charge in [-0.2, -0.15) is 10.1 Å². The largest absolute Gasteiger partial charge is 0.496 e. The highest BCUT2D eigenvalue weighted by molar-refractivity contribution is 6.42. The first kappa shape index (κ1) is 16.6. The predicted molar refractivity (Wildman–Crippen MR) is 98.0 cm³/mol. The lowest BCUT2D eigenvalue weighted by atomic mass is 10.1. The van der Waals surface area contributed by atoms with Gasteiger partial charge in [0.05, 0.1) is 34.1 Å². The molecule has 6 heteroatoms. The Hall–Kier alpha value is -2.30. The number of hydrazone groups is 1. The Kier molecular flexibility index (Phi) is 4.60. The molecule has 0 aliphatic carbocycles. The van der Waals surface area contributed by atoms with Gasteiger partial charge < -0.3 is 4.74 Å². The molecule has 1 amide bonds. The molecule has 1 aliphatic heterocycles. The summed E-state index contributed by atoms with van der Waals surface area (Å²) in [7, 11) is 1.59. The summed E-state index contributed by atoms with van der Waals surface area (Å²) in [5, 5.41) is 6.45. The van der Waals surface area contributed by atoms with E-state index in [1.807, 2.05) is 24.3 Å². The molecule has 24 heavy (non-hydrogen) atoms. The topological polar surface area (TPSA) is 41.9 Å². The summed E-state index contributed by atoms with van der Waals surface area (Å²) >= 11 is 12.0. The van der Waals surface area contributed by atoms with Gasteiger partial charge in [-0.15, -0.1) is 0 Å². The summed E-state index contributed by atoms with van der Waals surface area (Å²) in [6.45, 7) is 1.79. The van der Waals surface area contributed by atoms with Crippen LogP contribution in [0.5, 0.6) is 5.75 Å². The van der Waals surface area contributed by atoms with Crippen molar-refractivity contribution in [2.45, 2.75) is 6.92 Å². The number of carbonyl (C=O) groups excluding carboxylic acids is 1. The van der Waals surface area contributed by atoms with E-state index in [0.717, 1.165) is 5.56 Å². The van der Waals surface area contributed by atoms with E-state index in [1.54, 1.807) is 38.3 Å². The van der Waals surface area contributed by atoms with Gasteiger partial charge in [0, 0.05) is 5.56 Å². The fourth-order valence-electron chi connectivity index (χ4n) is 2.42. The van der Waals surface area contributed by atoms with Gasteiger partial charge in [0.15, 0.2) is 0 Å². The van der Waals surface area contributed by atoms with E-state index in [2.05, 4.69) is 5.10 Å². The van der Waals surface area contributed by atoms with Gasteiger partial charge in [0.2, 0.25) is 0 Å². The SMILES string of the molecule is COc1ccccc1/C=C1\C(=O)N(c2ccc(Cl)c(Cl)c2)N=C1C. The number of halogens is 2. The van der Waals surface area contributed by atoms with Crippen molar-refractivity contribution in [3.63, 3.8) is 0 Å². The smallest absolute Gasteiger partial charge is 0.280 e. The Morgan fingerprint density at radius 3 is 2.58 bits per heavy atom. The normalized spacial score (nSPS) is 15.8. The zero-order chi connectivity index (χ0) is 17.3. The Bertz CT molecular complexity index is 875. The van der Waals surface area contributed by atoms with Gasteiger partial charge in [0.1, 0.15) is 5.75 Å². The van der Waals surface area contributed by atoms with Crippen LogP contribution in [-0.4, -0.2) is 18.7 Å². The van der Waals surface area contributed by atoms with Crippen LogP contribution < -0.4 is 9.75 Å². The molecule has 0 saturated carbocycles. The summed E-state index contributed by atoms with van der Waals surface area (Å²) in [4.78, 5) is 12.7. The van der Waals surface area contributed by atoms with Gasteiger partial charge in [-0.3, -0.25) is 4.79 Å². The van der Waals surface area contributed by atoms with Crippen LogP contribution in [0.4, 0.5) is 5.69 Å². The molecule has 0 aromatic heterocycles. The highest BCUT2D eigenvalue weighted by Crippen LogP contribution is 2.31. The Morgan fingerprint density at radius 2 is 1.88 bits per heavy atom. The molecule has 0 atom stereocenters. The van der Waals surface area contributed by atoms with Crippen LogP contribution in [0.25, 0.3) is 6.08 Å². The minimum Gasteiger partial charge on any atom is -0.496 e. The molecule has 4 nitrogen and oxygen atoms in total. The third kappa shape index (κ3) is 3.03. The molecular formula is C18H14Cl2N2O2. The summed E-state index contributed by atoms with van der Waals surface area (Å²) in [5.74, 6) is 0.468. The lowest BCUT2D eigenvalue weighted by Crippen LogP contribution is -2.21. The van der Waals surface area contributed by atoms with Crippen LogP contribution in [0.3, 0.4) is 0 Å². The van der Waals surface area contributed by atoms with Crippen LogP contribution in [-0.2, 0) is 4.79 Å². The van der Waals surface area contributed by atoms with Crippen LogP contribution >= 0.6 is 23.2 Å². The van der Waals surface area contributed by atoms with E-state index in [0.29, 0.717) is 32.8 Å². The molecule has 1 aliphatic rings. The number of benzene rings is 2. The van der Waals surface area contributed by atoms with Crippen LogP contribution in [0.2, 0.25) is 10.0 Å².